The minimum absolute atomic E-state index is 0. The van der Waals surface area contributed by atoms with Crippen LogP contribution in [0.25, 0.3) is 0 Å². The van der Waals surface area contributed by atoms with Crippen LogP contribution in [0.3, 0.4) is 0 Å². The van der Waals surface area contributed by atoms with Gasteiger partial charge in [-0.15, -0.1) is 0 Å². The normalized spacial score (nSPS) is 18.8. The van der Waals surface area contributed by atoms with Crippen molar-refractivity contribution in [2.24, 2.45) is 0 Å². The van der Waals surface area contributed by atoms with Crippen LogP contribution in [0.2, 0.25) is 10.0 Å². The average Bonchev–Trinajstić information content (AvgIpc) is 3.71. The zero-order valence-corrected chi connectivity index (χ0v) is 31.1. The maximum absolute atomic E-state index is 11.7. The first-order valence-corrected chi connectivity index (χ1v) is 16.8. The maximum Gasteiger partial charge on any atom is 0.308 e. The molecule has 0 spiro atoms. The highest BCUT2D eigenvalue weighted by Gasteiger charge is 2.47. The number of imidazole rings is 1. The van der Waals surface area contributed by atoms with Gasteiger partial charge in [-0.3, -0.25) is 9.59 Å². The second kappa shape index (κ2) is 16.5. The number of rotatable bonds is 11. The predicted octanol–water partition coefficient (Wildman–Crippen LogP) is 2.08. The number of carbonyl (C=O) groups excluding carboxylic acids is 2. The number of ether oxygens (including phenoxy) is 5. The van der Waals surface area contributed by atoms with Gasteiger partial charge in [0.1, 0.15) is 43.9 Å². The molecule has 2 fully saturated rings. The lowest BCUT2D eigenvalue weighted by molar-refractivity contribution is -0.688. The van der Waals surface area contributed by atoms with Crippen molar-refractivity contribution in [3.63, 3.8) is 0 Å². The fraction of sp³-hybridized carbons (Fsp3) is 0.361. The van der Waals surface area contributed by atoms with E-state index in [2.05, 4.69) is 4.90 Å². The molecule has 4 aromatic rings. The Morgan fingerprint density at radius 1 is 0.980 bits per heavy atom. The van der Waals surface area contributed by atoms with Gasteiger partial charge in [-0.1, -0.05) is 35.3 Å². The molecule has 2 aliphatic rings. The van der Waals surface area contributed by atoms with Crippen LogP contribution in [0, 0.1) is 0 Å². The molecule has 0 radical (unpaired) electrons. The number of carbonyl (C=O) groups is 2. The third kappa shape index (κ3) is 8.91. The van der Waals surface area contributed by atoms with E-state index < -0.39 is 11.8 Å². The van der Waals surface area contributed by atoms with Crippen LogP contribution in [0.1, 0.15) is 25.0 Å². The Kier molecular flexibility index (Phi) is 12.3. The van der Waals surface area contributed by atoms with Crippen LogP contribution in [-0.2, 0) is 37.9 Å². The number of halogens is 3. The van der Waals surface area contributed by atoms with Crippen molar-refractivity contribution in [1.29, 1.82) is 0 Å². The molecular formula is C36H39BrCl2N4O7. The molecule has 266 valence electrons. The Morgan fingerprint density at radius 3 is 2.42 bits per heavy atom. The lowest BCUT2D eigenvalue weighted by Crippen LogP contribution is -3.00. The second-order valence-corrected chi connectivity index (χ2v) is 12.9. The van der Waals surface area contributed by atoms with Crippen LogP contribution in [-0.4, -0.2) is 74.0 Å². The van der Waals surface area contributed by atoms with E-state index in [1.165, 1.54) is 14.0 Å². The van der Waals surface area contributed by atoms with Gasteiger partial charge in [0.05, 0.1) is 18.7 Å². The van der Waals surface area contributed by atoms with Crippen molar-refractivity contribution in [2.75, 3.05) is 51.4 Å². The summed E-state index contributed by atoms with van der Waals surface area (Å²) in [4.78, 5) is 27.2. The summed E-state index contributed by atoms with van der Waals surface area (Å²) in [7, 11) is 1.54. The van der Waals surface area contributed by atoms with Crippen molar-refractivity contribution in [3.05, 3.63) is 101 Å². The molecule has 11 nitrogen and oxygen atoms in total. The van der Waals surface area contributed by atoms with E-state index in [4.69, 9.17) is 46.9 Å². The number of nitrogens with zero attached hydrogens (tertiary/aromatic N) is 4. The number of benzene rings is 3. The van der Waals surface area contributed by atoms with Gasteiger partial charge in [0.15, 0.2) is 11.5 Å². The number of esters is 1. The van der Waals surface area contributed by atoms with Crippen LogP contribution in [0.5, 0.6) is 17.2 Å². The molecular weight excluding hydrogens is 751 g/mol. The van der Waals surface area contributed by atoms with Crippen LogP contribution >= 0.6 is 23.2 Å². The first-order valence-electron chi connectivity index (χ1n) is 16.0. The molecule has 0 saturated carbocycles. The molecule has 2 aliphatic heterocycles. The van der Waals surface area contributed by atoms with Gasteiger partial charge >= 0.3 is 5.97 Å². The fourth-order valence-electron chi connectivity index (χ4n) is 6.10. The summed E-state index contributed by atoms with van der Waals surface area (Å²) in [5, 5.41) is 0.953. The molecule has 2 unspecified atom stereocenters. The van der Waals surface area contributed by atoms with Gasteiger partial charge in [-0.25, -0.2) is 9.13 Å². The molecule has 14 heteroatoms. The van der Waals surface area contributed by atoms with Crippen LogP contribution in [0.15, 0.2) is 79.4 Å². The van der Waals surface area contributed by atoms with Crippen LogP contribution in [0.4, 0.5) is 5.69 Å². The van der Waals surface area contributed by atoms with Gasteiger partial charge in [0.25, 0.3) is 0 Å². The number of piperazine rings is 1. The lowest BCUT2D eigenvalue weighted by Gasteiger charge is -2.35. The summed E-state index contributed by atoms with van der Waals surface area (Å²) < 4.78 is 33.9. The fourth-order valence-corrected chi connectivity index (χ4v) is 6.66. The van der Waals surface area contributed by atoms with E-state index in [1.54, 1.807) is 25.1 Å². The molecule has 0 N–H and O–H groups in total. The molecule has 1 amide bonds. The Hall–Kier alpha value is -3.81. The van der Waals surface area contributed by atoms with E-state index in [0.717, 1.165) is 43.2 Å². The minimum atomic E-state index is -1.19. The monoisotopic (exact) mass is 788 g/mol. The molecule has 3 heterocycles. The topological polar surface area (TPSA) is 95.6 Å². The van der Waals surface area contributed by atoms with Gasteiger partial charge < -0.3 is 50.5 Å². The van der Waals surface area contributed by atoms with Crippen molar-refractivity contribution in [3.8, 4) is 17.2 Å². The molecule has 3 aromatic carbocycles. The summed E-state index contributed by atoms with van der Waals surface area (Å²) in [6, 6.07) is 18.7. The molecule has 50 heavy (non-hydrogen) atoms. The van der Waals surface area contributed by atoms with Crippen molar-refractivity contribution in [2.45, 2.75) is 38.8 Å². The highest BCUT2D eigenvalue weighted by atomic mass is 79.9. The number of anilines is 1. The van der Waals surface area contributed by atoms with E-state index in [1.807, 2.05) is 75.2 Å². The molecule has 2 atom stereocenters. The lowest BCUT2D eigenvalue weighted by atomic mass is 10.1. The zero-order chi connectivity index (χ0) is 34.5. The SMILES string of the molecule is COc1cc(C[n+]2ccn(CC3(c4ccc(Cl)cc4Cl)OCC(COc4ccc(N5CCN(C(C)=O)CC5)cc4)O3)c2)ccc1OC(C)=O.[Br-]. The zero-order valence-electron chi connectivity index (χ0n) is 28.0. The summed E-state index contributed by atoms with van der Waals surface area (Å²) >= 11 is 13.0. The Balaban J connectivity index is 0.00000486. The summed E-state index contributed by atoms with van der Waals surface area (Å²) in [5.74, 6) is 0.0847. The van der Waals surface area contributed by atoms with E-state index in [-0.39, 0.29) is 35.6 Å². The van der Waals surface area contributed by atoms with E-state index in [9.17, 15) is 9.59 Å². The Bertz CT molecular complexity index is 1800. The molecule has 2 saturated heterocycles. The van der Waals surface area contributed by atoms with Crippen molar-refractivity contribution < 1.29 is 54.8 Å². The van der Waals surface area contributed by atoms with Gasteiger partial charge in [-0.05, 0) is 54.1 Å². The highest BCUT2D eigenvalue weighted by molar-refractivity contribution is 6.35. The first-order chi connectivity index (χ1) is 23.6. The molecule has 0 aliphatic carbocycles. The highest BCUT2D eigenvalue weighted by Crippen LogP contribution is 2.40. The minimum Gasteiger partial charge on any atom is -1.00 e. The smallest absolute Gasteiger partial charge is 0.308 e. The summed E-state index contributed by atoms with van der Waals surface area (Å²) in [6.45, 7) is 7.43. The molecule has 1 aromatic heterocycles. The Morgan fingerprint density at radius 2 is 1.74 bits per heavy atom. The summed E-state index contributed by atoms with van der Waals surface area (Å²) in [5.41, 5.74) is 2.72. The largest absolute Gasteiger partial charge is 1.00 e. The predicted molar refractivity (Wildman–Crippen MR) is 183 cm³/mol. The quantitative estimate of drug-likeness (QED) is 0.130. The van der Waals surface area contributed by atoms with Gasteiger partial charge in [0.2, 0.25) is 18.0 Å². The average molecular weight is 791 g/mol. The number of methoxy groups -OCH3 is 1. The van der Waals surface area contributed by atoms with Crippen molar-refractivity contribution in [1.82, 2.24) is 9.47 Å². The maximum atomic E-state index is 11.7. The van der Waals surface area contributed by atoms with Crippen molar-refractivity contribution >= 4 is 40.8 Å². The Labute approximate surface area is 311 Å². The second-order valence-electron chi connectivity index (χ2n) is 12.1. The first kappa shape index (κ1) is 37.4. The number of hydrogen-bond donors (Lipinski definition) is 0. The number of hydrogen-bond acceptors (Lipinski definition) is 8. The van der Waals surface area contributed by atoms with Crippen LogP contribution < -0.4 is 40.7 Å². The van der Waals surface area contributed by atoms with Gasteiger partial charge in [-0.2, -0.15) is 0 Å². The van der Waals surface area contributed by atoms with E-state index in [0.29, 0.717) is 46.8 Å². The van der Waals surface area contributed by atoms with E-state index >= 15 is 0 Å². The number of amides is 1. The third-order valence-corrected chi connectivity index (χ3v) is 9.10. The molecule has 6 rings (SSSR count). The molecule has 0 bridgehead atoms. The van der Waals surface area contributed by atoms with Gasteiger partial charge in [0, 0.05) is 56.3 Å². The third-order valence-electron chi connectivity index (χ3n) is 8.55. The standard InChI is InChI=1S/C36H39Cl2N4O7.BrH/c1-25(43)41-14-16-42(17-15-41)29-6-8-30(9-7-29)46-21-31-22-47-36(49-31,32-10-5-28(37)19-33(32)38)23-40-13-12-39(24-40)20-27-4-11-34(48-26(2)44)35(18-27)45-3;/h4-13,18-19,24,31H,14-17,20-23H2,1-3H3;1H/q+1;/p-1. The summed E-state index contributed by atoms with van der Waals surface area (Å²) in [6.07, 6.45) is 5.48. The number of aromatic nitrogens is 2.